The summed E-state index contributed by atoms with van der Waals surface area (Å²) in [5, 5.41) is 13.6. The van der Waals surface area contributed by atoms with Crippen molar-refractivity contribution in [1.29, 1.82) is 0 Å². The van der Waals surface area contributed by atoms with E-state index in [1.807, 2.05) is 11.8 Å². The fraction of sp³-hybridized carbons (Fsp3) is 0.588. The fourth-order valence-corrected chi connectivity index (χ4v) is 4.16. The average molecular weight is 341 g/mol. The van der Waals surface area contributed by atoms with E-state index in [1.165, 1.54) is 6.07 Å². The summed E-state index contributed by atoms with van der Waals surface area (Å²) in [6, 6.07) is 3.10. The van der Waals surface area contributed by atoms with Gasteiger partial charge in [-0.3, -0.25) is 9.69 Å². The predicted molar refractivity (Wildman–Crippen MR) is 87.1 cm³/mol. The van der Waals surface area contributed by atoms with E-state index in [0.717, 1.165) is 31.5 Å². The SMILES string of the molecule is Cc1ccc(F)c(CN2CC[C@H]3NCCC[C@]3(C(=O)O)C2)c1Cl. The van der Waals surface area contributed by atoms with Gasteiger partial charge in [0.05, 0.1) is 10.4 Å². The van der Waals surface area contributed by atoms with Crippen molar-refractivity contribution >= 4 is 17.6 Å². The molecule has 2 atom stereocenters. The van der Waals surface area contributed by atoms with E-state index < -0.39 is 11.4 Å². The highest BCUT2D eigenvalue weighted by atomic mass is 35.5. The normalized spacial score (nSPS) is 28.4. The van der Waals surface area contributed by atoms with Crippen molar-refractivity contribution in [2.24, 2.45) is 5.41 Å². The van der Waals surface area contributed by atoms with Crippen molar-refractivity contribution in [3.63, 3.8) is 0 Å². The van der Waals surface area contributed by atoms with Crippen LogP contribution in [-0.2, 0) is 11.3 Å². The molecular formula is C17H22ClFN2O2. The molecule has 1 aromatic rings. The molecule has 0 unspecified atom stereocenters. The van der Waals surface area contributed by atoms with Crippen LogP contribution in [0.15, 0.2) is 12.1 Å². The number of aliphatic carboxylic acids is 1. The summed E-state index contributed by atoms with van der Waals surface area (Å²) in [6.07, 6.45) is 2.29. The van der Waals surface area contributed by atoms with Gasteiger partial charge in [-0.05, 0) is 44.4 Å². The Morgan fingerprint density at radius 1 is 1.57 bits per heavy atom. The summed E-state index contributed by atoms with van der Waals surface area (Å²) in [5.74, 6) is -1.08. The highest BCUT2D eigenvalue weighted by Crippen LogP contribution is 2.39. The smallest absolute Gasteiger partial charge is 0.312 e. The number of fused-ring (bicyclic) bond motifs is 1. The van der Waals surface area contributed by atoms with Crippen LogP contribution in [0.4, 0.5) is 4.39 Å². The number of carboxylic acids is 1. The molecule has 0 amide bonds. The van der Waals surface area contributed by atoms with E-state index in [9.17, 15) is 14.3 Å². The lowest BCUT2D eigenvalue weighted by Crippen LogP contribution is -2.62. The van der Waals surface area contributed by atoms with E-state index in [2.05, 4.69) is 5.32 Å². The van der Waals surface area contributed by atoms with Crippen molar-refractivity contribution in [2.45, 2.75) is 38.8 Å². The van der Waals surface area contributed by atoms with Gasteiger partial charge in [0.2, 0.25) is 0 Å². The van der Waals surface area contributed by atoms with Crippen molar-refractivity contribution in [1.82, 2.24) is 10.2 Å². The van der Waals surface area contributed by atoms with Gasteiger partial charge in [0.1, 0.15) is 5.82 Å². The number of aryl methyl sites for hydroxylation is 1. The molecule has 3 rings (SSSR count). The first-order valence-corrected chi connectivity index (χ1v) is 8.44. The van der Waals surface area contributed by atoms with Gasteiger partial charge in [-0.2, -0.15) is 0 Å². The third kappa shape index (κ3) is 2.97. The Labute approximate surface area is 140 Å². The van der Waals surface area contributed by atoms with Crippen molar-refractivity contribution in [3.8, 4) is 0 Å². The highest BCUT2D eigenvalue weighted by molar-refractivity contribution is 6.32. The quantitative estimate of drug-likeness (QED) is 0.888. The van der Waals surface area contributed by atoms with Crippen LogP contribution in [0.5, 0.6) is 0 Å². The zero-order valence-electron chi connectivity index (χ0n) is 13.2. The molecule has 2 aliphatic rings. The van der Waals surface area contributed by atoms with Gasteiger partial charge in [-0.15, -0.1) is 0 Å². The molecule has 2 heterocycles. The third-order valence-corrected chi connectivity index (χ3v) is 5.81. The van der Waals surface area contributed by atoms with Crippen LogP contribution < -0.4 is 5.32 Å². The molecule has 4 nitrogen and oxygen atoms in total. The molecule has 2 aliphatic heterocycles. The molecule has 0 aromatic heterocycles. The predicted octanol–water partition coefficient (Wildman–Crippen LogP) is 2.82. The maximum absolute atomic E-state index is 14.1. The first-order valence-electron chi connectivity index (χ1n) is 8.06. The Bertz CT molecular complexity index is 625. The molecule has 6 heteroatoms. The first kappa shape index (κ1) is 16.7. The van der Waals surface area contributed by atoms with Crippen molar-refractivity contribution in [2.75, 3.05) is 19.6 Å². The summed E-state index contributed by atoms with van der Waals surface area (Å²) in [4.78, 5) is 14.0. The van der Waals surface area contributed by atoms with E-state index >= 15 is 0 Å². The number of nitrogens with one attached hydrogen (secondary N) is 1. The van der Waals surface area contributed by atoms with Crippen LogP contribution in [0.2, 0.25) is 5.02 Å². The number of benzene rings is 1. The molecule has 2 fully saturated rings. The van der Waals surface area contributed by atoms with Crippen LogP contribution in [0.3, 0.4) is 0 Å². The van der Waals surface area contributed by atoms with E-state index in [0.29, 0.717) is 30.1 Å². The molecule has 23 heavy (non-hydrogen) atoms. The highest BCUT2D eigenvalue weighted by Gasteiger charge is 2.50. The van der Waals surface area contributed by atoms with Crippen molar-refractivity contribution in [3.05, 3.63) is 34.1 Å². The second-order valence-corrected chi connectivity index (χ2v) is 7.11. The second-order valence-electron chi connectivity index (χ2n) is 6.73. The Hall–Kier alpha value is -1.17. The van der Waals surface area contributed by atoms with Gasteiger partial charge in [-0.25, -0.2) is 4.39 Å². The summed E-state index contributed by atoms with van der Waals surface area (Å²) >= 11 is 6.26. The van der Waals surface area contributed by atoms with Crippen LogP contribution in [0, 0.1) is 18.2 Å². The second kappa shape index (κ2) is 6.38. The van der Waals surface area contributed by atoms with E-state index in [4.69, 9.17) is 11.6 Å². The number of carboxylic acid groups (broad SMARTS) is 1. The Kier molecular flexibility index (Phi) is 4.63. The molecule has 0 saturated carbocycles. The lowest BCUT2D eigenvalue weighted by Gasteiger charge is -2.48. The standard InChI is InChI=1S/C17H22ClFN2O2/c1-11-3-4-13(19)12(15(11)18)9-21-8-5-14-17(10-21,16(22)23)6-2-7-20-14/h3-4,14,20H,2,5-10H2,1H3,(H,22,23)/t14-,17+/m1/s1. The third-order valence-electron chi connectivity index (χ3n) is 5.28. The molecular weight excluding hydrogens is 319 g/mol. The zero-order valence-corrected chi connectivity index (χ0v) is 14.0. The number of hydrogen-bond donors (Lipinski definition) is 2. The summed E-state index contributed by atoms with van der Waals surface area (Å²) < 4.78 is 14.1. The van der Waals surface area contributed by atoms with Gasteiger partial charge >= 0.3 is 5.97 Å². The molecule has 0 aliphatic carbocycles. The topological polar surface area (TPSA) is 52.6 Å². The maximum Gasteiger partial charge on any atom is 0.312 e. The Morgan fingerprint density at radius 3 is 3.09 bits per heavy atom. The summed E-state index contributed by atoms with van der Waals surface area (Å²) in [7, 11) is 0. The molecule has 0 radical (unpaired) electrons. The molecule has 126 valence electrons. The van der Waals surface area contributed by atoms with Gasteiger partial charge in [0.25, 0.3) is 0 Å². The molecule has 1 aromatic carbocycles. The summed E-state index contributed by atoms with van der Waals surface area (Å²) in [6.45, 7) is 4.26. The lowest BCUT2D eigenvalue weighted by atomic mass is 9.70. The number of carbonyl (C=O) groups is 1. The number of halogens is 2. The monoisotopic (exact) mass is 340 g/mol. The number of likely N-dealkylation sites (tertiary alicyclic amines) is 1. The minimum atomic E-state index is -0.775. The van der Waals surface area contributed by atoms with Crippen LogP contribution in [-0.4, -0.2) is 41.7 Å². The zero-order chi connectivity index (χ0) is 16.6. The van der Waals surface area contributed by atoms with Crippen LogP contribution >= 0.6 is 11.6 Å². The van der Waals surface area contributed by atoms with Gasteiger partial charge in [0, 0.05) is 31.2 Å². The van der Waals surface area contributed by atoms with Crippen LogP contribution in [0.1, 0.15) is 30.4 Å². The Morgan fingerprint density at radius 2 is 2.35 bits per heavy atom. The number of hydrogen-bond acceptors (Lipinski definition) is 3. The number of piperidine rings is 2. The molecule has 2 N–H and O–H groups in total. The van der Waals surface area contributed by atoms with Gasteiger partial charge in [0.15, 0.2) is 0 Å². The fourth-order valence-electron chi connectivity index (χ4n) is 3.95. The minimum Gasteiger partial charge on any atom is -0.481 e. The van der Waals surface area contributed by atoms with Gasteiger partial charge < -0.3 is 10.4 Å². The first-order chi connectivity index (χ1) is 10.9. The molecule has 0 spiro atoms. The maximum atomic E-state index is 14.1. The Balaban J connectivity index is 1.83. The van der Waals surface area contributed by atoms with E-state index in [1.54, 1.807) is 6.07 Å². The summed E-state index contributed by atoms with van der Waals surface area (Å²) in [5.41, 5.74) is 0.531. The molecule has 0 bridgehead atoms. The van der Waals surface area contributed by atoms with E-state index in [-0.39, 0.29) is 11.9 Å². The largest absolute Gasteiger partial charge is 0.481 e. The number of rotatable bonds is 3. The minimum absolute atomic E-state index is 0.00262. The number of nitrogens with zero attached hydrogens (tertiary/aromatic N) is 1. The van der Waals surface area contributed by atoms with Crippen molar-refractivity contribution < 1.29 is 14.3 Å². The average Bonchev–Trinajstić information content (AvgIpc) is 2.55. The van der Waals surface area contributed by atoms with Crippen LogP contribution in [0.25, 0.3) is 0 Å². The van der Waals surface area contributed by atoms with Gasteiger partial charge in [-0.1, -0.05) is 17.7 Å². The molecule has 2 saturated heterocycles. The lowest BCUT2D eigenvalue weighted by molar-refractivity contribution is -0.157.